The summed E-state index contributed by atoms with van der Waals surface area (Å²) in [7, 11) is 1.80. The molecule has 96 valence electrons. The highest BCUT2D eigenvalue weighted by Crippen LogP contribution is 2.21. The lowest BCUT2D eigenvalue weighted by Crippen LogP contribution is -2.45. The molecule has 0 fully saturated rings. The SMILES string of the molecule is CCC(C)C(N)C(=O)N(C)Cc1cc(Br)cs1. The van der Waals surface area contributed by atoms with Crippen LogP contribution in [0.5, 0.6) is 0 Å². The molecule has 0 aliphatic rings. The summed E-state index contributed by atoms with van der Waals surface area (Å²) >= 11 is 5.04. The Balaban J connectivity index is 2.58. The molecule has 1 rings (SSSR count). The third-order valence-corrected chi connectivity index (χ3v) is 4.62. The summed E-state index contributed by atoms with van der Waals surface area (Å²) in [4.78, 5) is 14.9. The van der Waals surface area contributed by atoms with E-state index < -0.39 is 6.04 Å². The van der Waals surface area contributed by atoms with Gasteiger partial charge in [0.25, 0.3) is 0 Å². The highest BCUT2D eigenvalue weighted by molar-refractivity contribution is 9.10. The third-order valence-electron chi connectivity index (χ3n) is 2.93. The number of carbonyl (C=O) groups is 1. The van der Waals surface area contributed by atoms with Gasteiger partial charge < -0.3 is 10.6 Å². The van der Waals surface area contributed by atoms with Crippen LogP contribution in [-0.4, -0.2) is 23.9 Å². The smallest absolute Gasteiger partial charge is 0.239 e. The molecule has 2 unspecified atom stereocenters. The zero-order valence-electron chi connectivity index (χ0n) is 10.4. The number of rotatable bonds is 5. The number of likely N-dealkylation sites (N-methyl/N-ethyl adjacent to an activating group) is 1. The first kappa shape index (κ1) is 14.7. The van der Waals surface area contributed by atoms with Crippen molar-refractivity contribution < 1.29 is 4.79 Å². The molecule has 0 aromatic carbocycles. The highest BCUT2D eigenvalue weighted by atomic mass is 79.9. The van der Waals surface area contributed by atoms with Crippen LogP contribution in [0.15, 0.2) is 15.9 Å². The molecule has 0 bridgehead atoms. The van der Waals surface area contributed by atoms with Crippen LogP contribution in [0.4, 0.5) is 0 Å². The lowest BCUT2D eigenvalue weighted by molar-refractivity contribution is -0.132. The van der Waals surface area contributed by atoms with E-state index >= 15 is 0 Å². The van der Waals surface area contributed by atoms with Crippen molar-refractivity contribution in [3.8, 4) is 0 Å². The quantitative estimate of drug-likeness (QED) is 0.907. The summed E-state index contributed by atoms with van der Waals surface area (Å²) in [5, 5.41) is 2.02. The minimum atomic E-state index is -0.395. The van der Waals surface area contributed by atoms with Gasteiger partial charge in [0, 0.05) is 21.8 Å². The fraction of sp³-hybridized carbons (Fsp3) is 0.583. The van der Waals surface area contributed by atoms with Crippen LogP contribution in [0.3, 0.4) is 0 Å². The van der Waals surface area contributed by atoms with E-state index in [4.69, 9.17) is 5.73 Å². The standard InChI is InChI=1S/C12H19BrN2OS/c1-4-8(2)11(14)12(16)15(3)6-10-5-9(13)7-17-10/h5,7-8,11H,4,6,14H2,1-3H3. The van der Waals surface area contributed by atoms with Crippen molar-refractivity contribution in [2.24, 2.45) is 11.7 Å². The van der Waals surface area contributed by atoms with E-state index in [0.717, 1.165) is 15.8 Å². The third kappa shape index (κ3) is 4.08. The van der Waals surface area contributed by atoms with Crippen molar-refractivity contribution in [3.63, 3.8) is 0 Å². The molecule has 2 atom stereocenters. The minimum Gasteiger partial charge on any atom is -0.339 e. The lowest BCUT2D eigenvalue weighted by Gasteiger charge is -2.24. The van der Waals surface area contributed by atoms with Crippen molar-refractivity contribution >= 4 is 33.2 Å². The highest BCUT2D eigenvalue weighted by Gasteiger charge is 2.22. The first-order valence-electron chi connectivity index (χ1n) is 5.69. The van der Waals surface area contributed by atoms with Gasteiger partial charge in [0.05, 0.1) is 12.6 Å². The number of nitrogens with two attached hydrogens (primary N) is 1. The van der Waals surface area contributed by atoms with Crippen LogP contribution in [0.25, 0.3) is 0 Å². The molecule has 1 amide bonds. The predicted octanol–water partition coefficient (Wildman–Crippen LogP) is 2.84. The Labute approximate surface area is 115 Å². The van der Waals surface area contributed by atoms with Gasteiger partial charge in [-0.1, -0.05) is 20.3 Å². The Morgan fingerprint density at radius 2 is 2.29 bits per heavy atom. The number of thiophene rings is 1. The van der Waals surface area contributed by atoms with E-state index in [1.165, 1.54) is 0 Å². The molecule has 2 N–H and O–H groups in total. The Kier molecular flexibility index (Phi) is 5.62. The number of hydrogen-bond acceptors (Lipinski definition) is 3. The Bertz CT molecular complexity index is 380. The molecule has 0 aliphatic heterocycles. The molecule has 1 aromatic rings. The zero-order chi connectivity index (χ0) is 13.0. The average molecular weight is 319 g/mol. The van der Waals surface area contributed by atoms with Gasteiger partial charge in [0.15, 0.2) is 0 Å². The molecule has 1 aromatic heterocycles. The van der Waals surface area contributed by atoms with Crippen LogP contribution in [-0.2, 0) is 11.3 Å². The molecule has 5 heteroatoms. The molecule has 0 aliphatic carbocycles. The largest absolute Gasteiger partial charge is 0.339 e. The maximum absolute atomic E-state index is 12.0. The number of halogens is 1. The minimum absolute atomic E-state index is 0.0175. The molecular weight excluding hydrogens is 300 g/mol. The van der Waals surface area contributed by atoms with Gasteiger partial charge in [-0.15, -0.1) is 11.3 Å². The van der Waals surface area contributed by atoms with Crippen LogP contribution < -0.4 is 5.73 Å². The number of hydrogen-bond donors (Lipinski definition) is 1. The number of amides is 1. The van der Waals surface area contributed by atoms with E-state index in [9.17, 15) is 4.79 Å². The van der Waals surface area contributed by atoms with Crippen molar-refractivity contribution in [1.82, 2.24) is 4.90 Å². The second-order valence-electron chi connectivity index (χ2n) is 4.34. The van der Waals surface area contributed by atoms with Crippen molar-refractivity contribution in [2.45, 2.75) is 32.9 Å². The van der Waals surface area contributed by atoms with Gasteiger partial charge in [-0.2, -0.15) is 0 Å². The number of carbonyl (C=O) groups excluding carboxylic acids is 1. The summed E-state index contributed by atoms with van der Waals surface area (Å²) in [5.41, 5.74) is 5.93. The summed E-state index contributed by atoms with van der Waals surface area (Å²) in [6, 6.07) is 1.64. The molecule has 17 heavy (non-hydrogen) atoms. The van der Waals surface area contributed by atoms with Crippen LogP contribution in [0.1, 0.15) is 25.1 Å². The Morgan fingerprint density at radius 3 is 2.76 bits per heavy atom. The molecule has 0 radical (unpaired) electrons. The van der Waals surface area contributed by atoms with E-state index in [1.54, 1.807) is 23.3 Å². The molecule has 0 spiro atoms. The maximum atomic E-state index is 12.0. The van der Waals surface area contributed by atoms with Gasteiger partial charge in [-0.25, -0.2) is 0 Å². The van der Waals surface area contributed by atoms with E-state index in [0.29, 0.717) is 6.54 Å². The molecule has 0 saturated heterocycles. The molecule has 0 saturated carbocycles. The average Bonchev–Trinajstić information content (AvgIpc) is 2.71. The summed E-state index contributed by atoms with van der Waals surface area (Å²) in [6.07, 6.45) is 0.922. The van der Waals surface area contributed by atoms with Crippen LogP contribution >= 0.6 is 27.3 Å². The Morgan fingerprint density at radius 1 is 1.65 bits per heavy atom. The fourth-order valence-corrected chi connectivity index (χ4v) is 3.00. The van der Waals surface area contributed by atoms with Crippen molar-refractivity contribution in [1.29, 1.82) is 0 Å². The lowest BCUT2D eigenvalue weighted by atomic mass is 9.99. The fourth-order valence-electron chi connectivity index (χ4n) is 1.50. The van der Waals surface area contributed by atoms with E-state index in [1.807, 2.05) is 25.3 Å². The normalized spacial score (nSPS) is 14.4. The van der Waals surface area contributed by atoms with E-state index in [-0.39, 0.29) is 11.8 Å². The first-order chi connectivity index (χ1) is 7.95. The second-order valence-corrected chi connectivity index (χ2v) is 6.25. The van der Waals surface area contributed by atoms with Crippen LogP contribution in [0.2, 0.25) is 0 Å². The van der Waals surface area contributed by atoms with Gasteiger partial charge >= 0.3 is 0 Å². The monoisotopic (exact) mass is 318 g/mol. The van der Waals surface area contributed by atoms with Gasteiger partial charge in [0.1, 0.15) is 0 Å². The van der Waals surface area contributed by atoms with Crippen molar-refractivity contribution in [2.75, 3.05) is 7.05 Å². The van der Waals surface area contributed by atoms with Gasteiger partial charge in [-0.05, 0) is 27.9 Å². The predicted molar refractivity (Wildman–Crippen MR) is 75.9 cm³/mol. The van der Waals surface area contributed by atoms with Crippen molar-refractivity contribution in [3.05, 3.63) is 20.8 Å². The summed E-state index contributed by atoms with van der Waals surface area (Å²) < 4.78 is 1.06. The summed E-state index contributed by atoms with van der Waals surface area (Å²) in [5.74, 6) is 0.240. The Hall–Kier alpha value is -0.390. The van der Waals surface area contributed by atoms with E-state index in [2.05, 4.69) is 15.9 Å². The number of nitrogens with zero attached hydrogens (tertiary/aromatic N) is 1. The zero-order valence-corrected chi connectivity index (χ0v) is 12.8. The topological polar surface area (TPSA) is 46.3 Å². The van der Waals surface area contributed by atoms with Gasteiger partial charge in [0.2, 0.25) is 5.91 Å². The van der Waals surface area contributed by atoms with Gasteiger partial charge in [-0.3, -0.25) is 4.79 Å². The summed E-state index contributed by atoms with van der Waals surface area (Å²) in [6.45, 7) is 4.69. The first-order valence-corrected chi connectivity index (χ1v) is 7.36. The maximum Gasteiger partial charge on any atom is 0.239 e. The molecule has 3 nitrogen and oxygen atoms in total. The molecular formula is C12H19BrN2OS. The second kappa shape index (κ2) is 6.52. The molecule has 1 heterocycles. The van der Waals surface area contributed by atoms with Crippen LogP contribution in [0, 0.1) is 5.92 Å².